The first kappa shape index (κ1) is 25.4. The average molecular weight is 506 g/mol. The maximum atomic E-state index is 14.0. The van der Waals surface area contributed by atoms with E-state index in [1.54, 1.807) is 42.5 Å². The molecule has 3 aromatic carbocycles. The van der Waals surface area contributed by atoms with Gasteiger partial charge in [0.15, 0.2) is 0 Å². The van der Waals surface area contributed by atoms with Gasteiger partial charge < -0.3 is 15.2 Å². The fraction of sp³-hybridized carbons (Fsp3) is 0.107. The van der Waals surface area contributed by atoms with Crippen LogP contribution >= 0.6 is 0 Å². The number of anilines is 1. The summed E-state index contributed by atoms with van der Waals surface area (Å²) in [6.45, 7) is 1.18. The summed E-state index contributed by atoms with van der Waals surface area (Å²) in [5.74, 6) is -2.00. The maximum absolute atomic E-state index is 14.0. The van der Waals surface area contributed by atoms with E-state index in [1.165, 1.54) is 43.6 Å². The summed E-state index contributed by atoms with van der Waals surface area (Å²) in [7, 11) is 0. The molecule has 0 fully saturated rings. The van der Waals surface area contributed by atoms with Crippen molar-refractivity contribution in [2.24, 2.45) is 0 Å². The third-order valence-electron chi connectivity index (χ3n) is 5.47. The molecule has 0 bridgehead atoms. The van der Waals surface area contributed by atoms with E-state index in [0.717, 1.165) is 6.07 Å². The molecule has 0 saturated heterocycles. The number of amides is 1. The van der Waals surface area contributed by atoms with Crippen molar-refractivity contribution >= 4 is 17.6 Å². The molecular formula is C28H21F3N2O4. The standard InChI is InChI=1S/C28H21F3N2O4/c1-17(34)33-21-13-19(12-20(14-21)27(35)36)22-10-11-32-15-24(22)23-8-5-9-25(28(29,30)31)26(23)37-16-18-6-3-2-4-7-18/h2-15H,16H2,1H3,(H,33,34)(H,35,36). The van der Waals surface area contributed by atoms with Crippen LogP contribution in [0.5, 0.6) is 5.75 Å². The summed E-state index contributed by atoms with van der Waals surface area (Å²) in [5, 5.41) is 12.1. The lowest BCUT2D eigenvalue weighted by Crippen LogP contribution is -2.10. The Bertz CT molecular complexity index is 1450. The van der Waals surface area contributed by atoms with Gasteiger partial charge in [0.2, 0.25) is 5.91 Å². The molecule has 188 valence electrons. The van der Waals surface area contributed by atoms with Crippen LogP contribution in [-0.2, 0) is 17.6 Å². The Labute approximate surface area is 210 Å². The van der Waals surface area contributed by atoms with Crippen LogP contribution in [0.25, 0.3) is 22.3 Å². The maximum Gasteiger partial charge on any atom is 0.419 e. The smallest absolute Gasteiger partial charge is 0.419 e. The van der Waals surface area contributed by atoms with Gasteiger partial charge in [-0.2, -0.15) is 13.2 Å². The number of benzene rings is 3. The molecular weight excluding hydrogens is 485 g/mol. The van der Waals surface area contributed by atoms with Gasteiger partial charge in [-0.05, 0) is 47.0 Å². The fourth-order valence-corrected chi connectivity index (χ4v) is 3.90. The number of para-hydroxylation sites is 1. The second kappa shape index (κ2) is 10.5. The van der Waals surface area contributed by atoms with Gasteiger partial charge in [-0.25, -0.2) is 4.79 Å². The normalized spacial score (nSPS) is 11.1. The summed E-state index contributed by atoms with van der Waals surface area (Å²) in [6.07, 6.45) is -1.85. The number of alkyl halides is 3. The van der Waals surface area contributed by atoms with E-state index in [2.05, 4.69) is 10.3 Å². The van der Waals surface area contributed by atoms with Gasteiger partial charge >= 0.3 is 12.1 Å². The van der Waals surface area contributed by atoms with Gasteiger partial charge in [-0.1, -0.05) is 42.5 Å². The third kappa shape index (κ3) is 5.95. The van der Waals surface area contributed by atoms with Crippen molar-refractivity contribution in [3.05, 3.63) is 102 Å². The second-order valence-electron chi connectivity index (χ2n) is 8.16. The Morgan fingerprint density at radius 3 is 2.38 bits per heavy atom. The van der Waals surface area contributed by atoms with Crippen LogP contribution in [0, 0.1) is 0 Å². The highest BCUT2D eigenvalue weighted by Crippen LogP contribution is 2.45. The minimum absolute atomic E-state index is 0.0995. The minimum Gasteiger partial charge on any atom is -0.488 e. The predicted molar refractivity (Wildman–Crippen MR) is 132 cm³/mol. The number of nitrogens with zero attached hydrogens (tertiary/aromatic N) is 1. The number of carbonyl (C=O) groups is 2. The topological polar surface area (TPSA) is 88.5 Å². The lowest BCUT2D eigenvalue weighted by Gasteiger charge is -2.20. The Hall–Kier alpha value is -4.66. The van der Waals surface area contributed by atoms with Gasteiger partial charge in [-0.3, -0.25) is 9.78 Å². The Kier molecular flexibility index (Phi) is 7.24. The Morgan fingerprint density at radius 1 is 0.946 bits per heavy atom. The molecule has 4 rings (SSSR count). The zero-order valence-electron chi connectivity index (χ0n) is 19.5. The van der Waals surface area contributed by atoms with Crippen molar-refractivity contribution in [3.63, 3.8) is 0 Å². The summed E-state index contributed by atoms with van der Waals surface area (Å²) in [4.78, 5) is 27.4. The molecule has 2 N–H and O–H groups in total. The van der Waals surface area contributed by atoms with Crippen LogP contribution < -0.4 is 10.1 Å². The molecule has 0 atom stereocenters. The molecule has 1 heterocycles. The van der Waals surface area contributed by atoms with Crippen LogP contribution in [0.3, 0.4) is 0 Å². The molecule has 6 nitrogen and oxygen atoms in total. The summed E-state index contributed by atoms with van der Waals surface area (Å²) < 4.78 is 47.8. The van der Waals surface area contributed by atoms with Crippen LogP contribution in [0.4, 0.5) is 18.9 Å². The number of carboxylic acid groups (broad SMARTS) is 1. The molecule has 0 aliphatic carbocycles. The highest BCUT2D eigenvalue weighted by Gasteiger charge is 2.36. The number of aromatic carboxylic acids is 1. The molecule has 1 aromatic heterocycles. The molecule has 9 heteroatoms. The molecule has 0 radical (unpaired) electrons. The Balaban J connectivity index is 1.89. The fourth-order valence-electron chi connectivity index (χ4n) is 3.90. The molecule has 0 saturated carbocycles. The van der Waals surface area contributed by atoms with Gasteiger partial charge in [0.25, 0.3) is 0 Å². The summed E-state index contributed by atoms with van der Waals surface area (Å²) >= 11 is 0. The zero-order valence-corrected chi connectivity index (χ0v) is 19.5. The van der Waals surface area contributed by atoms with Gasteiger partial charge in [0.1, 0.15) is 12.4 Å². The molecule has 0 aliphatic heterocycles. The zero-order chi connectivity index (χ0) is 26.6. The molecule has 0 spiro atoms. The minimum atomic E-state index is -4.69. The van der Waals surface area contributed by atoms with E-state index in [0.29, 0.717) is 22.3 Å². The number of nitrogens with one attached hydrogen (secondary N) is 1. The number of ether oxygens (including phenoxy) is 1. The van der Waals surface area contributed by atoms with E-state index in [-0.39, 0.29) is 29.2 Å². The number of pyridine rings is 1. The molecule has 4 aromatic rings. The van der Waals surface area contributed by atoms with Crippen molar-refractivity contribution in [1.82, 2.24) is 4.98 Å². The van der Waals surface area contributed by atoms with Crippen LogP contribution in [-0.4, -0.2) is 22.0 Å². The predicted octanol–water partition coefficient (Wildman–Crippen LogP) is 6.67. The SMILES string of the molecule is CC(=O)Nc1cc(C(=O)O)cc(-c2ccncc2-c2cccc(C(F)(F)F)c2OCc2ccccc2)c1. The number of hydrogen-bond acceptors (Lipinski definition) is 4. The number of halogens is 3. The van der Waals surface area contributed by atoms with Gasteiger partial charge in [0, 0.05) is 36.1 Å². The van der Waals surface area contributed by atoms with Crippen molar-refractivity contribution in [2.75, 3.05) is 5.32 Å². The first-order chi connectivity index (χ1) is 17.6. The van der Waals surface area contributed by atoms with Crippen molar-refractivity contribution < 1.29 is 32.6 Å². The van der Waals surface area contributed by atoms with Crippen LogP contribution in [0.2, 0.25) is 0 Å². The molecule has 0 unspecified atom stereocenters. The van der Waals surface area contributed by atoms with Gasteiger partial charge in [0.05, 0.1) is 11.1 Å². The lowest BCUT2D eigenvalue weighted by molar-refractivity contribution is -0.139. The van der Waals surface area contributed by atoms with E-state index in [9.17, 15) is 27.9 Å². The molecule has 37 heavy (non-hydrogen) atoms. The highest BCUT2D eigenvalue weighted by molar-refractivity contribution is 5.96. The summed E-state index contributed by atoms with van der Waals surface area (Å²) in [5.41, 5.74) is 1.08. The highest BCUT2D eigenvalue weighted by atomic mass is 19.4. The summed E-state index contributed by atoms with van der Waals surface area (Å²) in [6, 6.07) is 18.3. The third-order valence-corrected chi connectivity index (χ3v) is 5.47. The van der Waals surface area contributed by atoms with E-state index >= 15 is 0 Å². The van der Waals surface area contributed by atoms with Crippen LogP contribution in [0.15, 0.2) is 85.2 Å². The number of carboxylic acids is 1. The second-order valence-corrected chi connectivity index (χ2v) is 8.16. The van der Waals surface area contributed by atoms with Crippen LogP contribution in [0.1, 0.15) is 28.4 Å². The molecule has 0 aliphatic rings. The largest absolute Gasteiger partial charge is 0.488 e. The van der Waals surface area contributed by atoms with E-state index in [4.69, 9.17) is 4.74 Å². The number of aromatic nitrogens is 1. The lowest BCUT2D eigenvalue weighted by atomic mass is 9.93. The Morgan fingerprint density at radius 2 is 1.70 bits per heavy atom. The van der Waals surface area contributed by atoms with Crippen molar-refractivity contribution in [1.29, 1.82) is 0 Å². The number of rotatable bonds is 7. The molecule has 1 amide bonds. The van der Waals surface area contributed by atoms with Crippen molar-refractivity contribution in [3.8, 4) is 28.0 Å². The number of hydrogen-bond donors (Lipinski definition) is 2. The van der Waals surface area contributed by atoms with E-state index < -0.39 is 23.6 Å². The average Bonchev–Trinajstić information content (AvgIpc) is 2.86. The quantitative estimate of drug-likeness (QED) is 0.292. The first-order valence-corrected chi connectivity index (χ1v) is 11.1. The van der Waals surface area contributed by atoms with Crippen molar-refractivity contribution in [2.45, 2.75) is 19.7 Å². The monoisotopic (exact) mass is 506 g/mol. The van der Waals surface area contributed by atoms with Gasteiger partial charge in [-0.15, -0.1) is 0 Å². The first-order valence-electron chi connectivity index (χ1n) is 11.1. The number of carbonyl (C=O) groups excluding carboxylic acids is 1. The van der Waals surface area contributed by atoms with E-state index in [1.807, 2.05) is 0 Å².